The van der Waals surface area contributed by atoms with E-state index in [2.05, 4.69) is 0 Å². The standard InChI is InChI=1S/C21H20FNO5S/c1-29(26,27)23-11-3-5-16-13-17(8-9-19(16)23)20(24)14-28-21(25)10-7-15-4-2-6-18(22)12-15/h2,4,6-10,12-13H,3,5,11,14H2,1H3/b10-7+. The van der Waals surface area contributed by atoms with Crippen LogP contribution in [0.15, 0.2) is 48.5 Å². The van der Waals surface area contributed by atoms with Gasteiger partial charge in [0.1, 0.15) is 5.82 Å². The molecule has 1 heterocycles. The van der Waals surface area contributed by atoms with Gasteiger partial charge >= 0.3 is 5.97 Å². The number of rotatable bonds is 6. The topological polar surface area (TPSA) is 80.8 Å². The molecule has 0 N–H and O–H groups in total. The monoisotopic (exact) mass is 417 g/mol. The molecule has 0 aromatic heterocycles. The first kappa shape index (κ1) is 20.7. The number of hydrogen-bond donors (Lipinski definition) is 0. The Morgan fingerprint density at radius 1 is 1.21 bits per heavy atom. The van der Waals surface area contributed by atoms with Crippen molar-refractivity contribution in [2.24, 2.45) is 0 Å². The van der Waals surface area contributed by atoms with E-state index in [0.717, 1.165) is 17.9 Å². The van der Waals surface area contributed by atoms with Crippen LogP contribution in [0.4, 0.5) is 10.1 Å². The van der Waals surface area contributed by atoms with E-state index in [-0.39, 0.29) is 0 Å². The first-order chi connectivity index (χ1) is 13.7. The quantitative estimate of drug-likeness (QED) is 0.410. The fourth-order valence-electron chi connectivity index (χ4n) is 3.12. The molecule has 0 bridgehead atoms. The molecule has 0 unspecified atom stereocenters. The number of hydrogen-bond acceptors (Lipinski definition) is 5. The highest BCUT2D eigenvalue weighted by molar-refractivity contribution is 7.92. The van der Waals surface area contributed by atoms with Gasteiger partial charge in [-0.05, 0) is 60.4 Å². The summed E-state index contributed by atoms with van der Waals surface area (Å²) in [5.74, 6) is -1.53. The first-order valence-corrected chi connectivity index (χ1v) is 10.8. The van der Waals surface area contributed by atoms with Gasteiger partial charge in [-0.15, -0.1) is 0 Å². The lowest BCUT2D eigenvalue weighted by atomic mass is 9.99. The maximum atomic E-state index is 13.1. The zero-order chi connectivity index (χ0) is 21.0. The Hall–Kier alpha value is -3.00. The lowest BCUT2D eigenvalue weighted by molar-refractivity contribution is -0.136. The van der Waals surface area contributed by atoms with Crippen LogP contribution in [-0.4, -0.2) is 39.6 Å². The average molecular weight is 417 g/mol. The van der Waals surface area contributed by atoms with Crippen molar-refractivity contribution in [3.05, 3.63) is 71.0 Å². The van der Waals surface area contributed by atoms with Gasteiger partial charge in [0.05, 0.1) is 11.9 Å². The lowest BCUT2D eigenvalue weighted by Crippen LogP contribution is -2.34. The highest BCUT2D eigenvalue weighted by Gasteiger charge is 2.24. The molecule has 0 amide bonds. The first-order valence-electron chi connectivity index (χ1n) is 8.98. The summed E-state index contributed by atoms with van der Waals surface area (Å²) >= 11 is 0. The number of sulfonamides is 1. The molecule has 0 atom stereocenters. The number of carbonyl (C=O) groups excluding carboxylic acids is 2. The number of halogens is 1. The van der Waals surface area contributed by atoms with Crippen LogP contribution in [0.3, 0.4) is 0 Å². The zero-order valence-electron chi connectivity index (χ0n) is 15.8. The highest BCUT2D eigenvalue weighted by Crippen LogP contribution is 2.30. The third kappa shape index (κ3) is 5.29. The van der Waals surface area contributed by atoms with Crippen LogP contribution in [0.5, 0.6) is 0 Å². The summed E-state index contributed by atoms with van der Waals surface area (Å²) in [6.07, 6.45) is 5.00. The highest BCUT2D eigenvalue weighted by atomic mass is 32.2. The predicted molar refractivity (Wildman–Crippen MR) is 108 cm³/mol. The lowest BCUT2D eigenvalue weighted by Gasteiger charge is -2.29. The maximum absolute atomic E-state index is 13.1. The molecule has 6 nitrogen and oxygen atoms in total. The number of nitrogens with zero attached hydrogens (tertiary/aromatic N) is 1. The molecular weight excluding hydrogens is 397 g/mol. The van der Waals surface area contributed by atoms with Crippen molar-refractivity contribution < 1.29 is 27.1 Å². The molecule has 152 valence electrons. The minimum atomic E-state index is -3.38. The molecule has 29 heavy (non-hydrogen) atoms. The van der Waals surface area contributed by atoms with Crippen molar-refractivity contribution in [1.29, 1.82) is 0 Å². The molecule has 1 aliphatic rings. The SMILES string of the molecule is CS(=O)(=O)N1CCCc2cc(C(=O)COC(=O)/C=C/c3cccc(F)c3)ccc21. The Morgan fingerprint density at radius 3 is 2.72 bits per heavy atom. The third-order valence-electron chi connectivity index (χ3n) is 4.48. The second-order valence-corrected chi connectivity index (χ2v) is 8.61. The fourth-order valence-corrected chi connectivity index (χ4v) is 4.12. The summed E-state index contributed by atoms with van der Waals surface area (Å²) in [5.41, 5.74) is 2.19. The maximum Gasteiger partial charge on any atom is 0.331 e. The molecule has 0 spiro atoms. The van der Waals surface area contributed by atoms with Gasteiger partial charge in [0, 0.05) is 18.2 Å². The van der Waals surface area contributed by atoms with Crippen LogP contribution in [-0.2, 0) is 26.0 Å². The predicted octanol–water partition coefficient (Wildman–Crippen LogP) is 2.98. The van der Waals surface area contributed by atoms with Crippen molar-refractivity contribution in [2.75, 3.05) is 23.7 Å². The molecule has 2 aromatic carbocycles. The Balaban J connectivity index is 1.63. The van der Waals surface area contributed by atoms with E-state index >= 15 is 0 Å². The molecule has 0 radical (unpaired) electrons. The molecule has 2 aromatic rings. The Bertz CT molecular complexity index is 1080. The van der Waals surface area contributed by atoms with Crippen LogP contribution >= 0.6 is 0 Å². The zero-order valence-corrected chi connectivity index (χ0v) is 16.6. The van der Waals surface area contributed by atoms with Gasteiger partial charge in [0.25, 0.3) is 0 Å². The number of aryl methyl sites for hydroxylation is 1. The van der Waals surface area contributed by atoms with Gasteiger partial charge in [-0.3, -0.25) is 9.10 Å². The van der Waals surface area contributed by atoms with Crippen LogP contribution in [0.1, 0.15) is 27.9 Å². The van der Waals surface area contributed by atoms with E-state index in [1.807, 2.05) is 0 Å². The number of esters is 1. The molecule has 1 aliphatic heterocycles. The summed E-state index contributed by atoms with van der Waals surface area (Å²) < 4.78 is 43.2. The molecule has 8 heteroatoms. The van der Waals surface area contributed by atoms with Gasteiger partial charge in [-0.2, -0.15) is 0 Å². The van der Waals surface area contributed by atoms with Crippen LogP contribution in [0.2, 0.25) is 0 Å². The van der Waals surface area contributed by atoms with Gasteiger partial charge in [0.15, 0.2) is 12.4 Å². The number of ether oxygens (including phenoxy) is 1. The summed E-state index contributed by atoms with van der Waals surface area (Å²) in [6.45, 7) is -0.0325. The third-order valence-corrected chi connectivity index (χ3v) is 5.66. The smallest absolute Gasteiger partial charge is 0.331 e. The Morgan fingerprint density at radius 2 is 2.00 bits per heavy atom. The van der Waals surface area contributed by atoms with Crippen LogP contribution in [0, 0.1) is 5.82 Å². The normalized spacial score (nSPS) is 13.9. The summed E-state index contributed by atoms with van der Waals surface area (Å²) in [4.78, 5) is 24.1. The van der Waals surface area contributed by atoms with Gasteiger partial charge < -0.3 is 4.74 Å². The molecule has 3 rings (SSSR count). The van der Waals surface area contributed by atoms with Crippen molar-refractivity contribution >= 4 is 33.5 Å². The molecule has 0 saturated carbocycles. The summed E-state index contributed by atoms with van der Waals surface area (Å²) in [7, 11) is -3.38. The van der Waals surface area contributed by atoms with E-state index in [1.165, 1.54) is 34.6 Å². The van der Waals surface area contributed by atoms with E-state index in [4.69, 9.17) is 4.74 Å². The van der Waals surface area contributed by atoms with E-state index < -0.39 is 34.2 Å². The second-order valence-electron chi connectivity index (χ2n) is 6.70. The number of fused-ring (bicyclic) bond motifs is 1. The molecule has 0 aliphatic carbocycles. The summed E-state index contributed by atoms with van der Waals surface area (Å²) in [6, 6.07) is 10.5. The summed E-state index contributed by atoms with van der Waals surface area (Å²) in [5, 5.41) is 0. The number of ketones is 1. The van der Waals surface area contributed by atoms with Crippen molar-refractivity contribution in [2.45, 2.75) is 12.8 Å². The molecular formula is C21H20FNO5S. The van der Waals surface area contributed by atoms with Crippen LogP contribution in [0.25, 0.3) is 6.08 Å². The number of anilines is 1. The van der Waals surface area contributed by atoms with Crippen LogP contribution < -0.4 is 4.31 Å². The molecule has 0 saturated heterocycles. The fraction of sp³-hybridized carbons (Fsp3) is 0.238. The van der Waals surface area contributed by atoms with E-state index in [1.54, 1.807) is 18.2 Å². The van der Waals surface area contributed by atoms with Gasteiger partial charge in [0.2, 0.25) is 10.0 Å². The number of benzene rings is 2. The van der Waals surface area contributed by atoms with E-state index in [0.29, 0.717) is 36.2 Å². The minimum Gasteiger partial charge on any atom is -0.454 e. The minimum absolute atomic E-state index is 0.348. The van der Waals surface area contributed by atoms with Crippen molar-refractivity contribution in [3.8, 4) is 0 Å². The largest absolute Gasteiger partial charge is 0.454 e. The van der Waals surface area contributed by atoms with E-state index in [9.17, 15) is 22.4 Å². The van der Waals surface area contributed by atoms with Gasteiger partial charge in [-0.1, -0.05) is 12.1 Å². The Kier molecular flexibility index (Phi) is 6.12. The number of Topliss-reactive ketones (excluding diaryl/α,β-unsaturated/α-hetero) is 1. The van der Waals surface area contributed by atoms with Crippen molar-refractivity contribution in [1.82, 2.24) is 0 Å². The molecule has 0 fully saturated rings. The average Bonchev–Trinajstić information content (AvgIpc) is 2.69. The second kappa shape index (κ2) is 8.57. The Labute approximate surface area is 168 Å². The van der Waals surface area contributed by atoms with Crippen molar-refractivity contribution in [3.63, 3.8) is 0 Å². The number of carbonyl (C=O) groups is 2. The van der Waals surface area contributed by atoms with Gasteiger partial charge in [-0.25, -0.2) is 17.6 Å².